The van der Waals surface area contributed by atoms with Gasteiger partial charge < -0.3 is 10.1 Å². The van der Waals surface area contributed by atoms with Crippen molar-refractivity contribution >= 4 is 28.9 Å². The first kappa shape index (κ1) is 19.5. The first-order valence-corrected chi connectivity index (χ1v) is 7.80. The van der Waals surface area contributed by atoms with E-state index in [0.29, 0.717) is 11.3 Å². The van der Waals surface area contributed by atoms with Crippen LogP contribution in [0.25, 0.3) is 0 Å². The van der Waals surface area contributed by atoms with Crippen LogP contribution in [0.5, 0.6) is 0 Å². The van der Waals surface area contributed by atoms with Crippen molar-refractivity contribution in [2.24, 2.45) is 0 Å². The van der Waals surface area contributed by atoms with E-state index in [1.807, 2.05) is 0 Å². The summed E-state index contributed by atoms with van der Waals surface area (Å²) >= 11 is 0. The quantitative estimate of drug-likeness (QED) is 0.447. The van der Waals surface area contributed by atoms with Gasteiger partial charge in [0, 0.05) is 17.3 Å². The van der Waals surface area contributed by atoms with Crippen LogP contribution in [0.15, 0.2) is 42.5 Å². The van der Waals surface area contributed by atoms with Gasteiger partial charge in [0.05, 0.1) is 34.5 Å². The molecule has 2 aromatic rings. The Kier molecular flexibility index (Phi) is 6.15. The summed E-state index contributed by atoms with van der Waals surface area (Å²) in [6.07, 6.45) is -0.339. The van der Waals surface area contributed by atoms with Crippen LogP contribution >= 0.6 is 0 Å². The molecule has 27 heavy (non-hydrogen) atoms. The van der Waals surface area contributed by atoms with Crippen molar-refractivity contribution < 1.29 is 24.2 Å². The van der Waals surface area contributed by atoms with Gasteiger partial charge in [0.15, 0.2) is 0 Å². The third-order valence-electron chi connectivity index (χ3n) is 3.51. The zero-order valence-corrected chi connectivity index (χ0v) is 14.2. The molecule has 0 saturated carbocycles. The summed E-state index contributed by atoms with van der Waals surface area (Å²) in [5.41, 5.74) is -0.179. The van der Waals surface area contributed by atoms with Crippen molar-refractivity contribution in [3.05, 3.63) is 73.8 Å². The second-order valence-corrected chi connectivity index (χ2v) is 5.35. The predicted octanol–water partition coefficient (Wildman–Crippen LogP) is 2.86. The SMILES string of the molecule is CCOC(=O)c1ccc(NC(=O)Cc2ccc([N+](=O)[O-])cc2[N+](=O)[O-])cc1. The summed E-state index contributed by atoms with van der Waals surface area (Å²) in [7, 11) is 0. The van der Waals surface area contributed by atoms with Gasteiger partial charge in [-0.05, 0) is 37.3 Å². The van der Waals surface area contributed by atoms with Crippen LogP contribution in [0.1, 0.15) is 22.8 Å². The van der Waals surface area contributed by atoms with Gasteiger partial charge in [0.2, 0.25) is 5.91 Å². The second-order valence-electron chi connectivity index (χ2n) is 5.35. The van der Waals surface area contributed by atoms with E-state index in [4.69, 9.17) is 4.74 Å². The number of rotatable bonds is 7. The number of ether oxygens (including phenoxy) is 1. The number of hydrogen-bond acceptors (Lipinski definition) is 7. The van der Waals surface area contributed by atoms with Crippen molar-refractivity contribution in [1.82, 2.24) is 0 Å². The molecule has 1 amide bonds. The first-order chi connectivity index (χ1) is 12.8. The summed E-state index contributed by atoms with van der Waals surface area (Å²) in [5.74, 6) is -1.03. The van der Waals surface area contributed by atoms with Crippen molar-refractivity contribution in [2.75, 3.05) is 11.9 Å². The Morgan fingerprint density at radius 2 is 1.70 bits per heavy atom. The lowest BCUT2D eigenvalue weighted by atomic mass is 10.1. The van der Waals surface area contributed by atoms with Gasteiger partial charge >= 0.3 is 5.97 Å². The van der Waals surface area contributed by atoms with Gasteiger partial charge in [0.25, 0.3) is 11.4 Å². The highest BCUT2D eigenvalue weighted by molar-refractivity contribution is 5.94. The van der Waals surface area contributed by atoms with Crippen LogP contribution in [0.4, 0.5) is 17.1 Å². The van der Waals surface area contributed by atoms with Gasteiger partial charge in [-0.15, -0.1) is 0 Å². The fourth-order valence-corrected chi connectivity index (χ4v) is 2.27. The lowest BCUT2D eigenvalue weighted by Crippen LogP contribution is -2.15. The molecule has 0 unspecified atom stereocenters. The molecule has 0 saturated heterocycles. The first-order valence-electron chi connectivity index (χ1n) is 7.80. The molecule has 1 N–H and O–H groups in total. The highest BCUT2D eigenvalue weighted by Gasteiger charge is 2.21. The predicted molar refractivity (Wildman–Crippen MR) is 94.5 cm³/mol. The summed E-state index contributed by atoms with van der Waals surface area (Å²) in [6, 6.07) is 9.03. The highest BCUT2D eigenvalue weighted by atomic mass is 16.6. The summed E-state index contributed by atoms with van der Waals surface area (Å²) in [4.78, 5) is 44.0. The molecule has 0 spiro atoms. The van der Waals surface area contributed by atoms with Crippen molar-refractivity contribution in [3.8, 4) is 0 Å². The number of carbonyl (C=O) groups is 2. The molecule has 0 atom stereocenters. The Bertz CT molecular complexity index is 894. The van der Waals surface area contributed by atoms with Crippen LogP contribution in [0.2, 0.25) is 0 Å². The number of nitro groups is 2. The number of nitrogens with one attached hydrogen (secondary N) is 1. The lowest BCUT2D eigenvalue weighted by molar-refractivity contribution is -0.394. The van der Waals surface area contributed by atoms with E-state index in [1.54, 1.807) is 6.92 Å². The Balaban J connectivity index is 2.10. The molecule has 0 heterocycles. The minimum Gasteiger partial charge on any atom is -0.462 e. The molecule has 10 heteroatoms. The maximum atomic E-state index is 12.1. The molecule has 0 radical (unpaired) electrons. The monoisotopic (exact) mass is 373 g/mol. The number of amides is 1. The topological polar surface area (TPSA) is 142 Å². The van der Waals surface area contributed by atoms with Gasteiger partial charge in [-0.25, -0.2) is 4.79 Å². The van der Waals surface area contributed by atoms with Gasteiger partial charge in [0.1, 0.15) is 0 Å². The maximum absolute atomic E-state index is 12.1. The fraction of sp³-hybridized carbons (Fsp3) is 0.176. The third kappa shape index (κ3) is 5.08. The smallest absolute Gasteiger partial charge is 0.338 e. The molecule has 2 rings (SSSR count). The van der Waals surface area contributed by atoms with Gasteiger partial charge in [-0.3, -0.25) is 25.0 Å². The molecule has 0 aliphatic carbocycles. The number of esters is 1. The van der Waals surface area contributed by atoms with E-state index in [0.717, 1.165) is 12.1 Å². The van der Waals surface area contributed by atoms with E-state index < -0.39 is 33.1 Å². The van der Waals surface area contributed by atoms with Gasteiger partial charge in [-0.1, -0.05) is 0 Å². The molecule has 140 valence electrons. The van der Waals surface area contributed by atoms with E-state index in [2.05, 4.69) is 5.32 Å². The summed E-state index contributed by atoms with van der Waals surface area (Å²) < 4.78 is 4.85. The number of non-ortho nitro benzene ring substituents is 1. The van der Waals surface area contributed by atoms with E-state index in [1.165, 1.54) is 30.3 Å². The van der Waals surface area contributed by atoms with Crippen molar-refractivity contribution in [2.45, 2.75) is 13.3 Å². The standard InChI is InChI=1S/C17H15N3O7/c1-2-27-17(22)11-3-6-13(7-4-11)18-16(21)9-12-5-8-14(19(23)24)10-15(12)20(25)26/h3-8,10H,2,9H2,1H3,(H,18,21). The van der Waals surface area contributed by atoms with Crippen LogP contribution in [0.3, 0.4) is 0 Å². The highest BCUT2D eigenvalue weighted by Crippen LogP contribution is 2.25. The second kappa shape index (κ2) is 8.52. The average molecular weight is 373 g/mol. The molecule has 2 aromatic carbocycles. The number of carbonyl (C=O) groups excluding carboxylic acids is 2. The maximum Gasteiger partial charge on any atom is 0.338 e. The number of anilines is 1. The van der Waals surface area contributed by atoms with Crippen LogP contribution in [-0.2, 0) is 16.0 Å². The molecule has 0 aliphatic heterocycles. The summed E-state index contributed by atoms with van der Waals surface area (Å²) in [6.45, 7) is 1.93. The average Bonchev–Trinajstić information content (AvgIpc) is 2.62. The normalized spacial score (nSPS) is 10.1. The Morgan fingerprint density at radius 3 is 2.26 bits per heavy atom. The van der Waals surface area contributed by atoms with Crippen LogP contribution < -0.4 is 5.32 Å². The number of benzene rings is 2. The largest absolute Gasteiger partial charge is 0.462 e. The molecule has 0 aliphatic rings. The third-order valence-corrected chi connectivity index (χ3v) is 3.51. The molecule has 10 nitrogen and oxygen atoms in total. The Hall–Kier alpha value is -3.82. The molecular formula is C17H15N3O7. The van der Waals surface area contributed by atoms with Crippen molar-refractivity contribution in [1.29, 1.82) is 0 Å². The van der Waals surface area contributed by atoms with E-state index in [-0.39, 0.29) is 18.6 Å². The summed E-state index contributed by atoms with van der Waals surface area (Å²) in [5, 5.41) is 24.4. The Morgan fingerprint density at radius 1 is 1.04 bits per heavy atom. The number of nitrogens with zero attached hydrogens (tertiary/aromatic N) is 2. The van der Waals surface area contributed by atoms with Crippen LogP contribution in [-0.4, -0.2) is 28.3 Å². The molecule has 0 fully saturated rings. The van der Waals surface area contributed by atoms with Crippen LogP contribution in [0, 0.1) is 20.2 Å². The zero-order valence-electron chi connectivity index (χ0n) is 14.2. The fourth-order valence-electron chi connectivity index (χ4n) is 2.27. The van der Waals surface area contributed by atoms with E-state index >= 15 is 0 Å². The van der Waals surface area contributed by atoms with E-state index in [9.17, 15) is 29.8 Å². The number of hydrogen-bond donors (Lipinski definition) is 1. The zero-order chi connectivity index (χ0) is 20.0. The van der Waals surface area contributed by atoms with Gasteiger partial charge in [-0.2, -0.15) is 0 Å². The molecule has 0 bridgehead atoms. The minimum absolute atomic E-state index is 0.0474. The Labute approximate surface area is 153 Å². The molecule has 0 aromatic heterocycles. The molecular weight excluding hydrogens is 358 g/mol. The number of nitro benzene ring substituents is 2. The van der Waals surface area contributed by atoms with Crippen molar-refractivity contribution in [3.63, 3.8) is 0 Å². The lowest BCUT2D eigenvalue weighted by Gasteiger charge is -2.07. The minimum atomic E-state index is -0.774.